The highest BCUT2D eigenvalue weighted by Crippen LogP contribution is 2.22. The fourth-order valence-corrected chi connectivity index (χ4v) is 2.06. The lowest BCUT2D eigenvalue weighted by Gasteiger charge is -2.22. The Labute approximate surface area is 150 Å². The number of nitrogens with one attached hydrogen (secondary N) is 1. The molecule has 9 heteroatoms. The molecule has 5 N–H and O–H groups in total. The molecule has 0 heterocycles. The van der Waals surface area contributed by atoms with Crippen LogP contribution in [0.1, 0.15) is 19.4 Å². The summed E-state index contributed by atoms with van der Waals surface area (Å²) in [7, 11) is 0. The molecule has 0 aliphatic heterocycles. The zero-order chi connectivity index (χ0) is 19.1. The molecule has 0 radical (unpaired) electrons. The Morgan fingerprint density at radius 1 is 1.24 bits per heavy atom. The number of nitrogens with zero attached hydrogens (tertiary/aromatic N) is 1. The van der Waals surface area contributed by atoms with Gasteiger partial charge in [0.1, 0.15) is 24.1 Å². The van der Waals surface area contributed by atoms with Crippen molar-refractivity contribution in [2.75, 3.05) is 0 Å². The second-order valence-electron chi connectivity index (χ2n) is 5.64. The summed E-state index contributed by atoms with van der Waals surface area (Å²) in [5, 5.41) is 41.8. The zero-order valence-corrected chi connectivity index (χ0v) is 14.9. The number of ether oxygens (including phenoxy) is 1. The molecule has 8 nitrogen and oxygen atoms in total. The summed E-state index contributed by atoms with van der Waals surface area (Å²) >= 11 is 5.85. The number of hydrogen-bond acceptors (Lipinski definition) is 7. The van der Waals surface area contributed by atoms with E-state index in [1.54, 1.807) is 25.1 Å². The van der Waals surface area contributed by atoms with Crippen molar-refractivity contribution in [2.45, 2.75) is 51.3 Å². The van der Waals surface area contributed by atoms with E-state index in [-0.39, 0.29) is 0 Å². The quantitative estimate of drug-likeness (QED) is 0.321. The lowest BCUT2D eigenvalue weighted by Crippen LogP contribution is -2.44. The van der Waals surface area contributed by atoms with Gasteiger partial charge in [0, 0.05) is 5.02 Å². The minimum Gasteiger partial charge on any atom is -0.481 e. The summed E-state index contributed by atoms with van der Waals surface area (Å²) < 4.78 is 5.51. The summed E-state index contributed by atoms with van der Waals surface area (Å²) in [5.74, 6) is -0.0880. The van der Waals surface area contributed by atoms with Gasteiger partial charge in [0.2, 0.25) is 0 Å². The Bertz CT molecular complexity index is 610. The maximum atomic E-state index is 11.9. The molecular weight excluding hydrogens is 352 g/mol. The Balaban J connectivity index is 2.55. The first-order valence-electron chi connectivity index (χ1n) is 7.61. The van der Waals surface area contributed by atoms with E-state index >= 15 is 0 Å². The number of carbonyl (C=O) groups excluding carboxylic acids is 1. The number of rotatable bonds is 8. The van der Waals surface area contributed by atoms with Crippen molar-refractivity contribution in [1.82, 2.24) is 5.43 Å². The topological polar surface area (TPSA) is 132 Å². The van der Waals surface area contributed by atoms with Crippen LogP contribution >= 0.6 is 11.6 Å². The molecule has 140 valence electrons. The summed E-state index contributed by atoms with van der Waals surface area (Å²) in [4.78, 5) is 11.9. The molecule has 5 atom stereocenters. The van der Waals surface area contributed by atoms with Gasteiger partial charge in [0.15, 0.2) is 6.10 Å². The van der Waals surface area contributed by atoms with Crippen LogP contribution in [0.4, 0.5) is 0 Å². The van der Waals surface area contributed by atoms with Crippen LogP contribution in [-0.2, 0) is 4.79 Å². The van der Waals surface area contributed by atoms with Crippen LogP contribution in [0.2, 0.25) is 5.02 Å². The molecule has 0 bridgehead atoms. The van der Waals surface area contributed by atoms with Crippen LogP contribution in [0.15, 0.2) is 23.3 Å². The number of aliphatic hydroxyl groups is 4. The minimum atomic E-state index is -1.65. The molecule has 1 rings (SSSR count). The number of benzene rings is 1. The molecule has 1 aromatic carbocycles. The standard InChI is InChI=1S/C16H23ClN2O6/c1-8-6-11(17)4-5-13(8)25-10(3)16(24)19-18-7-12(21)15(23)14(22)9(2)20/h4-7,9-10,12,14-15,20-23H,1-3H3,(H,19,24). The monoisotopic (exact) mass is 374 g/mol. The van der Waals surface area contributed by atoms with Gasteiger partial charge >= 0.3 is 0 Å². The SMILES string of the molecule is Cc1cc(Cl)ccc1OC(C)C(=O)NN=CC(O)C(O)C(O)C(C)O. The Hall–Kier alpha value is -1.71. The number of amides is 1. The van der Waals surface area contributed by atoms with Gasteiger partial charge in [-0.05, 0) is 44.5 Å². The van der Waals surface area contributed by atoms with Crippen LogP contribution in [0, 0.1) is 6.92 Å². The second-order valence-corrected chi connectivity index (χ2v) is 6.07. The van der Waals surface area contributed by atoms with E-state index in [1.165, 1.54) is 13.8 Å². The predicted molar refractivity (Wildman–Crippen MR) is 92.6 cm³/mol. The zero-order valence-electron chi connectivity index (χ0n) is 14.1. The number of carbonyl (C=O) groups is 1. The average molecular weight is 375 g/mol. The van der Waals surface area contributed by atoms with E-state index in [2.05, 4.69) is 10.5 Å². The maximum Gasteiger partial charge on any atom is 0.280 e. The number of aliphatic hydroxyl groups excluding tert-OH is 4. The molecule has 0 aromatic heterocycles. The van der Waals surface area contributed by atoms with Gasteiger partial charge in [0.25, 0.3) is 5.91 Å². The van der Waals surface area contributed by atoms with Crippen molar-refractivity contribution < 1.29 is 30.0 Å². The number of hydrogen-bond donors (Lipinski definition) is 5. The summed E-state index contributed by atoms with van der Waals surface area (Å²) in [5.41, 5.74) is 2.92. The van der Waals surface area contributed by atoms with Gasteiger partial charge < -0.3 is 25.2 Å². The van der Waals surface area contributed by atoms with Crippen molar-refractivity contribution in [3.63, 3.8) is 0 Å². The molecule has 0 saturated carbocycles. The highest BCUT2D eigenvalue weighted by atomic mass is 35.5. The van der Waals surface area contributed by atoms with E-state index in [1.807, 2.05) is 0 Å². The molecule has 0 aliphatic rings. The first-order chi connectivity index (χ1) is 11.6. The molecule has 5 unspecified atom stereocenters. The van der Waals surface area contributed by atoms with Crippen molar-refractivity contribution in [2.24, 2.45) is 5.10 Å². The molecule has 0 aliphatic carbocycles. The van der Waals surface area contributed by atoms with Gasteiger partial charge in [-0.2, -0.15) is 5.10 Å². The van der Waals surface area contributed by atoms with E-state index in [0.717, 1.165) is 11.8 Å². The molecule has 0 saturated heterocycles. The van der Waals surface area contributed by atoms with Crippen LogP contribution in [0.25, 0.3) is 0 Å². The van der Waals surface area contributed by atoms with Gasteiger partial charge in [0.05, 0.1) is 12.3 Å². The van der Waals surface area contributed by atoms with E-state index in [4.69, 9.17) is 21.4 Å². The van der Waals surface area contributed by atoms with Crippen LogP contribution in [0.3, 0.4) is 0 Å². The summed E-state index contributed by atoms with van der Waals surface area (Å²) in [6.45, 7) is 4.56. The van der Waals surface area contributed by atoms with Gasteiger partial charge in [-0.1, -0.05) is 11.6 Å². The largest absolute Gasteiger partial charge is 0.481 e. The lowest BCUT2D eigenvalue weighted by molar-refractivity contribution is -0.127. The van der Waals surface area contributed by atoms with Crippen LogP contribution in [0.5, 0.6) is 5.75 Å². The molecule has 25 heavy (non-hydrogen) atoms. The summed E-state index contributed by atoms with van der Waals surface area (Å²) in [6, 6.07) is 4.98. The van der Waals surface area contributed by atoms with E-state index in [9.17, 15) is 20.1 Å². The molecule has 1 aromatic rings. The Morgan fingerprint density at radius 2 is 1.88 bits per heavy atom. The number of aryl methyl sites for hydroxylation is 1. The van der Waals surface area contributed by atoms with Gasteiger partial charge in [-0.3, -0.25) is 4.79 Å². The lowest BCUT2D eigenvalue weighted by atomic mass is 10.1. The Kier molecular flexibility index (Phi) is 8.27. The third-order valence-electron chi connectivity index (χ3n) is 3.41. The highest BCUT2D eigenvalue weighted by Gasteiger charge is 2.27. The predicted octanol–water partition coefficient (Wildman–Crippen LogP) is -0.0188. The highest BCUT2D eigenvalue weighted by molar-refractivity contribution is 6.30. The van der Waals surface area contributed by atoms with E-state index in [0.29, 0.717) is 10.8 Å². The third-order valence-corrected chi connectivity index (χ3v) is 3.64. The molecular formula is C16H23ClN2O6. The smallest absolute Gasteiger partial charge is 0.280 e. The number of halogens is 1. The minimum absolute atomic E-state index is 0.492. The maximum absolute atomic E-state index is 11.9. The van der Waals surface area contributed by atoms with Crippen molar-refractivity contribution in [1.29, 1.82) is 0 Å². The average Bonchev–Trinajstić information content (AvgIpc) is 2.55. The third kappa shape index (κ3) is 6.60. The molecule has 0 spiro atoms. The first kappa shape index (κ1) is 21.3. The Morgan fingerprint density at radius 3 is 2.44 bits per heavy atom. The van der Waals surface area contributed by atoms with Crippen molar-refractivity contribution in [3.05, 3.63) is 28.8 Å². The van der Waals surface area contributed by atoms with Gasteiger partial charge in [-0.15, -0.1) is 0 Å². The fraction of sp³-hybridized carbons (Fsp3) is 0.500. The van der Waals surface area contributed by atoms with Crippen LogP contribution in [-0.4, -0.2) is 63.1 Å². The second kappa shape index (κ2) is 9.69. The van der Waals surface area contributed by atoms with E-state index < -0.39 is 36.4 Å². The number of hydrazone groups is 1. The van der Waals surface area contributed by atoms with Crippen molar-refractivity contribution >= 4 is 23.7 Å². The normalized spacial score (nSPS) is 17.6. The van der Waals surface area contributed by atoms with Crippen LogP contribution < -0.4 is 10.2 Å². The molecule has 1 amide bonds. The summed E-state index contributed by atoms with van der Waals surface area (Å²) in [6.07, 6.45) is -6.03. The fourth-order valence-electron chi connectivity index (χ4n) is 1.83. The first-order valence-corrected chi connectivity index (χ1v) is 7.99. The van der Waals surface area contributed by atoms with Gasteiger partial charge in [-0.25, -0.2) is 5.43 Å². The molecule has 0 fully saturated rings. The van der Waals surface area contributed by atoms with Crippen molar-refractivity contribution in [3.8, 4) is 5.75 Å².